The molecule has 0 aliphatic heterocycles. The summed E-state index contributed by atoms with van der Waals surface area (Å²) in [5.74, 6) is -0.940. The van der Waals surface area contributed by atoms with E-state index in [2.05, 4.69) is 15.4 Å². The fraction of sp³-hybridized carbons (Fsp3) is 0.167. The van der Waals surface area contributed by atoms with E-state index in [0.717, 1.165) is 17.0 Å². The molecule has 4 rings (SSSR count). The van der Waals surface area contributed by atoms with Crippen LogP contribution in [-0.2, 0) is 22.6 Å². The summed E-state index contributed by atoms with van der Waals surface area (Å²) >= 11 is 0. The van der Waals surface area contributed by atoms with Crippen LogP contribution >= 0.6 is 0 Å². The number of anilines is 1. The average molecular weight is 514 g/mol. The van der Waals surface area contributed by atoms with Gasteiger partial charge in [-0.1, -0.05) is 30.3 Å². The fourth-order valence-corrected chi connectivity index (χ4v) is 4.21. The van der Waals surface area contributed by atoms with Crippen LogP contribution in [0.5, 0.6) is 0 Å². The maximum atomic E-state index is 13.9. The lowest BCUT2D eigenvalue weighted by atomic mass is 10.1. The number of aromatic nitrogens is 3. The lowest BCUT2D eigenvalue weighted by Gasteiger charge is -2.12. The van der Waals surface area contributed by atoms with Crippen molar-refractivity contribution in [2.75, 3.05) is 11.6 Å². The number of carbonyl (C=O) groups is 1. The molecule has 0 aliphatic rings. The number of halogens is 3. The van der Waals surface area contributed by atoms with E-state index in [0.29, 0.717) is 11.1 Å². The Labute approximate surface area is 203 Å². The number of fused-ring (bicyclic) bond motifs is 1. The van der Waals surface area contributed by atoms with Crippen molar-refractivity contribution in [1.82, 2.24) is 14.8 Å². The van der Waals surface area contributed by atoms with Crippen molar-refractivity contribution >= 4 is 32.3 Å². The Morgan fingerprint density at radius 3 is 2.42 bits per heavy atom. The van der Waals surface area contributed by atoms with Crippen molar-refractivity contribution < 1.29 is 26.4 Å². The van der Waals surface area contributed by atoms with Gasteiger partial charge in [0.05, 0.1) is 40.6 Å². The molecule has 0 spiro atoms. The maximum Gasteiger partial charge on any atom is 0.437 e. The second kappa shape index (κ2) is 9.09. The van der Waals surface area contributed by atoms with Crippen LogP contribution in [0.3, 0.4) is 0 Å². The zero-order valence-electron chi connectivity index (χ0n) is 19.0. The number of rotatable bonds is 5. The highest BCUT2D eigenvalue weighted by Gasteiger charge is 2.39. The Morgan fingerprint density at radius 2 is 1.81 bits per heavy atom. The highest BCUT2D eigenvalue weighted by molar-refractivity contribution is 7.90. The summed E-state index contributed by atoms with van der Waals surface area (Å²) in [5, 5.41) is 14.8. The quantitative estimate of drug-likeness (QED) is 0.424. The minimum atomic E-state index is -4.87. The summed E-state index contributed by atoms with van der Waals surface area (Å²) in [5.41, 5.74) is -0.723. The summed E-state index contributed by atoms with van der Waals surface area (Å²) < 4.78 is 66.8. The summed E-state index contributed by atoms with van der Waals surface area (Å²) in [6, 6.07) is 15.5. The van der Waals surface area contributed by atoms with E-state index in [-0.39, 0.29) is 33.7 Å². The van der Waals surface area contributed by atoms with Crippen LogP contribution in [0.2, 0.25) is 0 Å². The third kappa shape index (κ3) is 4.92. The first-order valence-electron chi connectivity index (χ1n) is 10.4. The molecule has 0 bridgehead atoms. The predicted octanol–water partition coefficient (Wildman–Crippen LogP) is 4.33. The molecule has 4 aromatic rings. The molecule has 0 fully saturated rings. The van der Waals surface area contributed by atoms with E-state index in [9.17, 15) is 26.4 Å². The van der Waals surface area contributed by atoms with Crippen LogP contribution < -0.4 is 5.32 Å². The number of nitrogens with one attached hydrogen (secondary N) is 1. The molecule has 0 atom stereocenters. The lowest BCUT2D eigenvalue weighted by Crippen LogP contribution is -2.18. The topological polar surface area (TPSA) is 118 Å². The molecular formula is C24H18F3N5O3S. The maximum absolute atomic E-state index is 13.9. The first kappa shape index (κ1) is 24.9. The minimum Gasteiger partial charge on any atom is -0.319 e. The first-order valence-corrected chi connectivity index (χ1v) is 12.3. The van der Waals surface area contributed by atoms with E-state index < -0.39 is 33.3 Å². The van der Waals surface area contributed by atoms with Crippen molar-refractivity contribution in [3.8, 4) is 6.07 Å². The molecule has 12 heteroatoms. The van der Waals surface area contributed by atoms with Crippen molar-refractivity contribution in [2.45, 2.75) is 24.7 Å². The number of benzene rings is 2. The van der Waals surface area contributed by atoms with Gasteiger partial charge in [0, 0.05) is 11.6 Å². The number of hydrogen-bond donors (Lipinski definition) is 1. The number of nitriles is 1. The zero-order valence-corrected chi connectivity index (χ0v) is 19.8. The molecule has 2 aromatic carbocycles. The second-order valence-electron chi connectivity index (χ2n) is 8.02. The average Bonchev–Trinajstić information content (AvgIpc) is 3.13. The molecule has 184 valence electrons. The monoisotopic (exact) mass is 513 g/mol. The van der Waals surface area contributed by atoms with Gasteiger partial charge in [-0.15, -0.1) is 0 Å². The Morgan fingerprint density at radius 1 is 1.14 bits per heavy atom. The van der Waals surface area contributed by atoms with Gasteiger partial charge in [-0.05, 0) is 36.8 Å². The van der Waals surface area contributed by atoms with Gasteiger partial charge in [0.2, 0.25) is 0 Å². The van der Waals surface area contributed by atoms with E-state index in [1.807, 2.05) is 6.07 Å². The molecular weight excluding hydrogens is 495 g/mol. The van der Waals surface area contributed by atoms with Crippen molar-refractivity contribution in [3.05, 3.63) is 82.7 Å². The Kier molecular flexibility index (Phi) is 6.28. The van der Waals surface area contributed by atoms with Gasteiger partial charge in [0.1, 0.15) is 0 Å². The van der Waals surface area contributed by atoms with Crippen LogP contribution in [0.1, 0.15) is 32.9 Å². The number of hydrogen-bond acceptors (Lipinski definition) is 6. The lowest BCUT2D eigenvalue weighted by molar-refractivity contribution is -0.140. The van der Waals surface area contributed by atoms with Crippen molar-refractivity contribution in [2.24, 2.45) is 0 Å². The first-order chi connectivity index (χ1) is 16.9. The van der Waals surface area contributed by atoms with Gasteiger partial charge in [0.15, 0.2) is 20.6 Å². The third-order valence-electron chi connectivity index (χ3n) is 5.45. The number of alkyl halides is 3. The van der Waals surface area contributed by atoms with Crippen molar-refractivity contribution in [1.29, 1.82) is 5.26 Å². The smallest absolute Gasteiger partial charge is 0.319 e. The van der Waals surface area contributed by atoms with Crippen LogP contribution in [0.15, 0.2) is 59.6 Å². The number of carbonyl (C=O) groups excluding carboxylic acids is 1. The summed E-state index contributed by atoms with van der Waals surface area (Å²) in [4.78, 5) is 17.3. The molecule has 0 saturated carbocycles. The van der Waals surface area contributed by atoms with Crippen LogP contribution in [0.25, 0.3) is 10.9 Å². The van der Waals surface area contributed by atoms with E-state index in [1.165, 1.54) is 31.2 Å². The molecule has 0 saturated heterocycles. The molecule has 36 heavy (non-hydrogen) atoms. The third-order valence-corrected chi connectivity index (χ3v) is 6.42. The van der Waals surface area contributed by atoms with E-state index >= 15 is 0 Å². The Bertz CT molecular complexity index is 1640. The van der Waals surface area contributed by atoms with Gasteiger partial charge in [-0.3, -0.25) is 9.48 Å². The van der Waals surface area contributed by atoms with Gasteiger partial charge in [-0.2, -0.15) is 23.5 Å². The van der Waals surface area contributed by atoms with Crippen molar-refractivity contribution in [3.63, 3.8) is 0 Å². The normalized spacial score (nSPS) is 11.9. The largest absolute Gasteiger partial charge is 0.437 e. The number of nitrogens with zero attached hydrogens (tertiary/aromatic N) is 4. The van der Waals surface area contributed by atoms with E-state index in [1.54, 1.807) is 24.3 Å². The number of pyridine rings is 1. The molecule has 0 radical (unpaired) electrons. The summed E-state index contributed by atoms with van der Waals surface area (Å²) in [6.45, 7) is 1.35. The highest BCUT2D eigenvalue weighted by Crippen LogP contribution is 2.36. The van der Waals surface area contributed by atoms with Crippen LogP contribution in [-0.4, -0.2) is 35.3 Å². The summed E-state index contributed by atoms with van der Waals surface area (Å²) in [6.07, 6.45) is -3.95. The minimum absolute atomic E-state index is 0.0348. The predicted molar refractivity (Wildman–Crippen MR) is 125 cm³/mol. The van der Waals surface area contributed by atoms with Crippen LogP contribution in [0.4, 0.5) is 18.9 Å². The standard InChI is InChI=1S/C24H18F3N5O3S/c1-14-21(22(24(25,26)27)31-32(14)13-16-9-7-15(12-28)8-10-16)30-23(33)18-11-20(36(2,34)35)29-19-6-4-3-5-17(18)19/h3-11H,13H2,1-2H3,(H,30,33). The highest BCUT2D eigenvalue weighted by atomic mass is 32.2. The molecule has 0 unspecified atom stereocenters. The molecule has 2 aromatic heterocycles. The van der Waals surface area contributed by atoms with Gasteiger partial charge in [-0.25, -0.2) is 13.4 Å². The second-order valence-corrected chi connectivity index (χ2v) is 9.99. The SMILES string of the molecule is Cc1c(NC(=O)c2cc(S(C)(=O)=O)nc3ccccc23)c(C(F)(F)F)nn1Cc1ccc(C#N)cc1. The molecule has 1 amide bonds. The molecule has 1 N–H and O–H groups in total. The number of amides is 1. The Hall–Kier alpha value is -4.24. The van der Waals surface area contributed by atoms with E-state index in [4.69, 9.17) is 5.26 Å². The molecule has 0 aliphatic carbocycles. The van der Waals surface area contributed by atoms with Crippen LogP contribution in [0, 0.1) is 18.3 Å². The molecule has 2 heterocycles. The van der Waals surface area contributed by atoms with Gasteiger partial charge in [0.25, 0.3) is 5.91 Å². The number of para-hydroxylation sites is 1. The Balaban J connectivity index is 1.77. The number of sulfone groups is 1. The van der Waals surface area contributed by atoms with Gasteiger partial charge >= 0.3 is 6.18 Å². The fourth-order valence-electron chi connectivity index (χ4n) is 3.62. The molecule has 8 nitrogen and oxygen atoms in total. The summed E-state index contributed by atoms with van der Waals surface area (Å²) in [7, 11) is -3.81. The van der Waals surface area contributed by atoms with Gasteiger partial charge < -0.3 is 5.32 Å². The zero-order chi connectivity index (χ0) is 26.3.